The number of benzene rings is 1. The highest BCUT2D eigenvalue weighted by molar-refractivity contribution is 5.82. The first-order valence-corrected chi connectivity index (χ1v) is 5.12. The lowest BCUT2D eigenvalue weighted by Gasteiger charge is -2.02. The summed E-state index contributed by atoms with van der Waals surface area (Å²) < 4.78 is 5.21. The van der Waals surface area contributed by atoms with E-state index in [9.17, 15) is 4.79 Å². The monoisotopic (exact) mass is 215 g/mol. The Labute approximate surface area is 94.1 Å². The number of rotatable bonds is 2. The second kappa shape index (κ2) is 3.93. The van der Waals surface area contributed by atoms with Gasteiger partial charge in [-0.2, -0.15) is 0 Å². The van der Waals surface area contributed by atoms with E-state index < -0.39 is 0 Å². The molecule has 0 spiro atoms. The van der Waals surface area contributed by atoms with Crippen LogP contribution < -0.4 is 0 Å². The Bertz CT molecular complexity index is 541. The van der Waals surface area contributed by atoms with Crippen molar-refractivity contribution in [2.24, 2.45) is 0 Å². The smallest absolute Gasteiger partial charge is 0.195 e. The molecule has 3 nitrogen and oxygen atoms in total. The van der Waals surface area contributed by atoms with Gasteiger partial charge in [0, 0.05) is 12.5 Å². The van der Waals surface area contributed by atoms with Crippen molar-refractivity contribution in [1.29, 1.82) is 0 Å². The predicted octanol–water partition coefficient (Wildman–Crippen LogP) is 3.08. The molecule has 2 aromatic rings. The van der Waals surface area contributed by atoms with Crippen LogP contribution in [0, 0.1) is 20.8 Å². The van der Waals surface area contributed by atoms with Gasteiger partial charge in [-0.1, -0.05) is 12.1 Å². The quantitative estimate of drug-likeness (QED) is 0.723. The summed E-state index contributed by atoms with van der Waals surface area (Å²) >= 11 is 0. The lowest BCUT2D eigenvalue weighted by Crippen LogP contribution is -1.87. The number of oxazole rings is 1. The Hall–Kier alpha value is -1.90. The van der Waals surface area contributed by atoms with Gasteiger partial charge in [-0.15, -0.1) is 0 Å². The number of aromatic nitrogens is 1. The van der Waals surface area contributed by atoms with Crippen molar-refractivity contribution < 1.29 is 9.21 Å². The van der Waals surface area contributed by atoms with Crippen molar-refractivity contribution in [3.05, 3.63) is 41.0 Å². The number of hydrogen-bond acceptors (Lipinski definition) is 3. The third kappa shape index (κ3) is 1.76. The summed E-state index contributed by atoms with van der Waals surface area (Å²) in [6.07, 6.45) is 0.699. The predicted molar refractivity (Wildman–Crippen MR) is 61.5 cm³/mol. The first kappa shape index (κ1) is 10.6. The van der Waals surface area contributed by atoms with Gasteiger partial charge in [0.15, 0.2) is 17.9 Å². The third-order valence-corrected chi connectivity index (χ3v) is 2.65. The fraction of sp³-hybridized carbons (Fsp3) is 0.231. The van der Waals surface area contributed by atoms with Gasteiger partial charge in [0.05, 0.1) is 0 Å². The molecule has 2 rings (SSSR count). The molecule has 3 heteroatoms. The molecular formula is C13H13NO2. The lowest BCUT2D eigenvalue weighted by molar-refractivity contribution is 0.110. The van der Waals surface area contributed by atoms with Gasteiger partial charge in [0.1, 0.15) is 5.69 Å². The molecule has 0 amide bonds. The molecule has 1 aromatic carbocycles. The summed E-state index contributed by atoms with van der Waals surface area (Å²) in [5.41, 5.74) is 3.93. The van der Waals surface area contributed by atoms with Crippen LogP contribution in [-0.2, 0) is 0 Å². The molecule has 0 radical (unpaired) electrons. The first-order chi connectivity index (χ1) is 7.61. The molecule has 0 aliphatic carbocycles. The largest absolute Gasteiger partial charge is 0.438 e. The van der Waals surface area contributed by atoms with E-state index in [1.165, 1.54) is 11.1 Å². The van der Waals surface area contributed by atoms with E-state index in [4.69, 9.17) is 4.42 Å². The van der Waals surface area contributed by atoms with E-state index in [-0.39, 0.29) is 0 Å². The maximum absolute atomic E-state index is 10.8. The van der Waals surface area contributed by atoms with E-state index >= 15 is 0 Å². The van der Waals surface area contributed by atoms with Gasteiger partial charge in [-0.05, 0) is 31.0 Å². The zero-order chi connectivity index (χ0) is 11.7. The van der Waals surface area contributed by atoms with Gasteiger partial charge in [0.25, 0.3) is 0 Å². The van der Waals surface area contributed by atoms with Crippen LogP contribution in [0.3, 0.4) is 0 Å². The zero-order valence-corrected chi connectivity index (χ0v) is 9.57. The van der Waals surface area contributed by atoms with E-state index in [2.05, 4.69) is 4.98 Å². The number of carbonyl (C=O) groups is 1. The fourth-order valence-corrected chi connectivity index (χ4v) is 1.62. The molecule has 0 aliphatic heterocycles. The Morgan fingerprint density at radius 2 is 1.94 bits per heavy atom. The zero-order valence-electron chi connectivity index (χ0n) is 9.57. The second-order valence-corrected chi connectivity index (χ2v) is 3.86. The molecule has 1 aromatic heterocycles. The summed E-state index contributed by atoms with van der Waals surface area (Å²) in [7, 11) is 0. The Balaban J connectivity index is 2.57. The maximum Gasteiger partial charge on any atom is 0.195 e. The van der Waals surface area contributed by atoms with Crippen LogP contribution in [0.5, 0.6) is 0 Å². The maximum atomic E-state index is 10.8. The van der Waals surface area contributed by atoms with Crippen molar-refractivity contribution in [2.75, 3.05) is 0 Å². The van der Waals surface area contributed by atoms with E-state index in [0.717, 1.165) is 5.56 Å². The van der Waals surface area contributed by atoms with Crippen LogP contribution >= 0.6 is 0 Å². The van der Waals surface area contributed by atoms with Gasteiger partial charge < -0.3 is 4.42 Å². The Kier molecular flexibility index (Phi) is 2.60. The first-order valence-electron chi connectivity index (χ1n) is 5.12. The van der Waals surface area contributed by atoms with Crippen LogP contribution in [0.15, 0.2) is 22.6 Å². The minimum atomic E-state index is 0.292. The van der Waals surface area contributed by atoms with Crippen LogP contribution in [-0.4, -0.2) is 11.3 Å². The molecule has 0 unspecified atom stereocenters. The van der Waals surface area contributed by atoms with E-state index in [0.29, 0.717) is 23.6 Å². The fourth-order valence-electron chi connectivity index (χ4n) is 1.62. The highest BCUT2D eigenvalue weighted by atomic mass is 16.4. The molecule has 16 heavy (non-hydrogen) atoms. The van der Waals surface area contributed by atoms with Crippen LogP contribution in [0.1, 0.15) is 27.6 Å². The summed E-state index contributed by atoms with van der Waals surface area (Å²) in [5, 5.41) is 0. The average molecular weight is 215 g/mol. The van der Waals surface area contributed by atoms with Gasteiger partial charge in [-0.3, -0.25) is 4.79 Å². The van der Waals surface area contributed by atoms with Crippen LogP contribution in [0.25, 0.3) is 11.3 Å². The molecular weight excluding hydrogens is 202 g/mol. The molecule has 0 saturated heterocycles. The van der Waals surface area contributed by atoms with Crippen molar-refractivity contribution in [2.45, 2.75) is 20.8 Å². The van der Waals surface area contributed by atoms with Gasteiger partial charge >= 0.3 is 0 Å². The molecule has 0 fully saturated rings. The van der Waals surface area contributed by atoms with Gasteiger partial charge in [-0.25, -0.2) is 4.98 Å². The minimum absolute atomic E-state index is 0.292. The van der Waals surface area contributed by atoms with E-state index in [1.54, 1.807) is 6.92 Å². The highest BCUT2D eigenvalue weighted by Gasteiger charge is 2.12. The second-order valence-electron chi connectivity index (χ2n) is 3.86. The van der Waals surface area contributed by atoms with Crippen molar-refractivity contribution in [3.8, 4) is 11.3 Å². The third-order valence-electron chi connectivity index (χ3n) is 2.65. The topological polar surface area (TPSA) is 43.1 Å². The lowest BCUT2D eigenvalue weighted by atomic mass is 10.0. The molecule has 0 atom stereocenters. The Morgan fingerprint density at radius 1 is 1.19 bits per heavy atom. The molecule has 0 aliphatic rings. The van der Waals surface area contributed by atoms with E-state index in [1.807, 2.05) is 32.0 Å². The molecule has 0 N–H and O–H groups in total. The molecule has 0 bridgehead atoms. The molecule has 0 saturated carbocycles. The number of nitrogens with zero attached hydrogens (tertiary/aromatic N) is 1. The standard InChI is InChI=1S/C13H13NO2/c1-8-4-5-11(6-9(8)2)13-12(7-15)16-10(3)14-13/h4-7H,1-3H3. The summed E-state index contributed by atoms with van der Waals surface area (Å²) in [6.45, 7) is 5.82. The average Bonchev–Trinajstić information content (AvgIpc) is 2.63. The molecule has 82 valence electrons. The Morgan fingerprint density at radius 3 is 2.56 bits per heavy atom. The van der Waals surface area contributed by atoms with Gasteiger partial charge in [0.2, 0.25) is 0 Å². The SMILES string of the molecule is Cc1nc(-c2ccc(C)c(C)c2)c(C=O)o1. The normalized spacial score (nSPS) is 10.4. The van der Waals surface area contributed by atoms with Crippen molar-refractivity contribution >= 4 is 6.29 Å². The number of hydrogen-bond donors (Lipinski definition) is 0. The number of aldehydes is 1. The minimum Gasteiger partial charge on any atom is -0.438 e. The number of carbonyl (C=O) groups excluding carboxylic acids is 1. The number of aryl methyl sites for hydroxylation is 3. The molecule has 1 heterocycles. The highest BCUT2D eigenvalue weighted by Crippen LogP contribution is 2.24. The summed E-state index contributed by atoms with van der Waals surface area (Å²) in [6, 6.07) is 5.98. The summed E-state index contributed by atoms with van der Waals surface area (Å²) in [5.74, 6) is 0.802. The van der Waals surface area contributed by atoms with Crippen LogP contribution in [0.4, 0.5) is 0 Å². The summed E-state index contributed by atoms with van der Waals surface area (Å²) in [4.78, 5) is 15.1. The van der Waals surface area contributed by atoms with Crippen LogP contribution in [0.2, 0.25) is 0 Å². The van der Waals surface area contributed by atoms with Crippen molar-refractivity contribution in [1.82, 2.24) is 4.98 Å². The van der Waals surface area contributed by atoms with Crippen molar-refractivity contribution in [3.63, 3.8) is 0 Å².